The van der Waals surface area contributed by atoms with Crippen molar-refractivity contribution in [3.05, 3.63) is 59.1 Å². The molecule has 0 amide bonds. The van der Waals surface area contributed by atoms with E-state index in [2.05, 4.69) is 21.4 Å². The van der Waals surface area contributed by atoms with Crippen molar-refractivity contribution in [1.82, 2.24) is 15.3 Å². The predicted molar refractivity (Wildman–Crippen MR) is 79.3 cm³/mol. The normalized spacial score (nSPS) is 12.7. The summed E-state index contributed by atoms with van der Waals surface area (Å²) >= 11 is 1.67. The topological polar surface area (TPSA) is 37.8 Å². The molecule has 102 valence electrons. The van der Waals surface area contributed by atoms with Gasteiger partial charge in [0.15, 0.2) is 0 Å². The minimum Gasteiger partial charge on any atom is -0.313 e. The second-order valence-corrected chi connectivity index (χ2v) is 5.67. The van der Waals surface area contributed by atoms with Gasteiger partial charge in [0, 0.05) is 18.7 Å². The average Bonchev–Trinajstić information content (AvgIpc) is 2.87. The molecule has 3 aromatic rings. The third-order valence-electron chi connectivity index (χ3n) is 3.19. The first-order valence-electron chi connectivity index (χ1n) is 6.38. The maximum Gasteiger partial charge on any atom is 0.141 e. The molecule has 20 heavy (non-hydrogen) atoms. The predicted octanol–water partition coefficient (Wildman–Crippen LogP) is 3.33. The number of rotatable bonds is 4. The van der Waals surface area contributed by atoms with E-state index in [-0.39, 0.29) is 11.9 Å². The monoisotopic (exact) mass is 287 g/mol. The Labute approximate surface area is 120 Å². The Morgan fingerprint density at radius 3 is 2.90 bits per heavy atom. The van der Waals surface area contributed by atoms with Crippen LogP contribution < -0.4 is 5.32 Å². The Morgan fingerprint density at radius 2 is 2.15 bits per heavy atom. The van der Waals surface area contributed by atoms with Crippen LogP contribution >= 0.6 is 11.3 Å². The number of fused-ring (bicyclic) bond motifs is 1. The molecule has 1 atom stereocenters. The first-order valence-corrected chi connectivity index (χ1v) is 7.20. The number of pyridine rings is 1. The van der Waals surface area contributed by atoms with Crippen LogP contribution in [0.5, 0.6) is 0 Å². The summed E-state index contributed by atoms with van der Waals surface area (Å²) < 4.78 is 14.4. The maximum atomic E-state index is 13.3. The molecular formula is C15H14FN3S. The third kappa shape index (κ3) is 2.69. The zero-order chi connectivity index (χ0) is 13.9. The van der Waals surface area contributed by atoms with Gasteiger partial charge in [-0.05, 0) is 30.8 Å². The van der Waals surface area contributed by atoms with Crippen molar-refractivity contribution in [1.29, 1.82) is 0 Å². The second-order valence-electron chi connectivity index (χ2n) is 4.56. The van der Waals surface area contributed by atoms with Gasteiger partial charge in [-0.2, -0.15) is 0 Å². The lowest BCUT2D eigenvalue weighted by atomic mass is 10.1. The summed E-state index contributed by atoms with van der Waals surface area (Å²) in [6, 6.07) is 9.59. The van der Waals surface area contributed by atoms with Gasteiger partial charge in [-0.25, -0.2) is 9.37 Å². The number of para-hydroxylation sites is 1. The molecule has 0 bridgehead atoms. The molecule has 1 unspecified atom stereocenters. The van der Waals surface area contributed by atoms with Gasteiger partial charge in [-0.15, -0.1) is 11.3 Å². The highest BCUT2D eigenvalue weighted by molar-refractivity contribution is 7.18. The summed E-state index contributed by atoms with van der Waals surface area (Å²) in [4.78, 5) is 8.52. The highest BCUT2D eigenvalue weighted by Crippen LogP contribution is 2.26. The summed E-state index contributed by atoms with van der Waals surface area (Å²) in [5.74, 6) is -0.313. The fourth-order valence-corrected chi connectivity index (χ4v) is 3.20. The molecule has 1 aromatic carbocycles. The summed E-state index contributed by atoms with van der Waals surface area (Å²) in [7, 11) is 1.86. The molecule has 0 saturated heterocycles. The number of likely N-dealkylation sites (N-methyl/N-ethyl adjacent to an activating group) is 1. The summed E-state index contributed by atoms with van der Waals surface area (Å²) in [5.41, 5.74) is 1.85. The fourth-order valence-electron chi connectivity index (χ4n) is 2.19. The van der Waals surface area contributed by atoms with Gasteiger partial charge in [-0.3, -0.25) is 4.98 Å². The number of hydrogen-bond acceptors (Lipinski definition) is 4. The largest absolute Gasteiger partial charge is 0.313 e. The van der Waals surface area contributed by atoms with E-state index >= 15 is 0 Å². The van der Waals surface area contributed by atoms with E-state index in [1.165, 1.54) is 17.0 Å². The molecule has 2 aromatic heterocycles. The highest BCUT2D eigenvalue weighted by Gasteiger charge is 2.14. The second kappa shape index (κ2) is 5.64. The Kier molecular flexibility index (Phi) is 3.71. The third-order valence-corrected chi connectivity index (χ3v) is 4.25. The van der Waals surface area contributed by atoms with Gasteiger partial charge in [0.1, 0.15) is 5.82 Å². The Hall–Kier alpha value is -1.85. The minimum absolute atomic E-state index is 0.0127. The molecule has 0 aliphatic rings. The van der Waals surface area contributed by atoms with Gasteiger partial charge in [0.05, 0.1) is 21.4 Å². The Balaban J connectivity index is 1.87. The average molecular weight is 287 g/mol. The summed E-state index contributed by atoms with van der Waals surface area (Å²) in [6.07, 6.45) is 3.63. The molecule has 5 heteroatoms. The molecule has 3 rings (SSSR count). The molecule has 0 aliphatic carbocycles. The van der Waals surface area contributed by atoms with Crippen molar-refractivity contribution >= 4 is 21.6 Å². The molecule has 3 nitrogen and oxygen atoms in total. The van der Waals surface area contributed by atoms with Crippen molar-refractivity contribution in [3.63, 3.8) is 0 Å². The molecule has 0 radical (unpaired) electrons. The zero-order valence-electron chi connectivity index (χ0n) is 11.0. The van der Waals surface area contributed by atoms with Crippen molar-refractivity contribution in [2.75, 3.05) is 7.05 Å². The lowest BCUT2D eigenvalue weighted by Crippen LogP contribution is -2.19. The van der Waals surface area contributed by atoms with Crippen LogP contribution in [0.15, 0.2) is 42.7 Å². The van der Waals surface area contributed by atoms with Gasteiger partial charge < -0.3 is 5.32 Å². The lowest BCUT2D eigenvalue weighted by molar-refractivity contribution is 0.571. The number of benzene rings is 1. The van der Waals surface area contributed by atoms with E-state index < -0.39 is 0 Å². The first-order chi connectivity index (χ1) is 9.76. The van der Waals surface area contributed by atoms with Crippen LogP contribution in [0.25, 0.3) is 10.2 Å². The van der Waals surface area contributed by atoms with E-state index in [1.54, 1.807) is 17.5 Å². The van der Waals surface area contributed by atoms with Crippen LogP contribution in [0.3, 0.4) is 0 Å². The van der Waals surface area contributed by atoms with E-state index in [1.807, 2.05) is 25.2 Å². The number of nitrogens with one attached hydrogen (secondary N) is 1. The maximum absolute atomic E-state index is 13.3. The van der Waals surface area contributed by atoms with Crippen LogP contribution in [0.4, 0.5) is 4.39 Å². The van der Waals surface area contributed by atoms with Gasteiger partial charge in [0.25, 0.3) is 0 Å². The molecule has 0 aliphatic heterocycles. The lowest BCUT2D eigenvalue weighted by Gasteiger charge is -2.14. The minimum atomic E-state index is -0.313. The number of aromatic nitrogens is 2. The number of halogens is 1. The van der Waals surface area contributed by atoms with Crippen LogP contribution in [-0.2, 0) is 6.42 Å². The molecule has 0 fully saturated rings. The SMILES string of the molecule is CNC(Cc1nc2ccccc2s1)c1cncc(F)c1. The van der Waals surface area contributed by atoms with Crippen LogP contribution in [0, 0.1) is 5.82 Å². The number of thiazole rings is 1. The summed E-state index contributed by atoms with van der Waals surface area (Å²) in [6.45, 7) is 0. The van der Waals surface area contributed by atoms with E-state index in [0.717, 1.165) is 22.5 Å². The van der Waals surface area contributed by atoms with Crippen molar-refractivity contribution in [2.45, 2.75) is 12.5 Å². The fraction of sp³-hybridized carbons (Fsp3) is 0.200. The van der Waals surface area contributed by atoms with E-state index in [4.69, 9.17) is 0 Å². The van der Waals surface area contributed by atoms with E-state index in [9.17, 15) is 4.39 Å². The highest BCUT2D eigenvalue weighted by atomic mass is 32.1. The quantitative estimate of drug-likeness (QED) is 0.800. The van der Waals surface area contributed by atoms with Crippen LogP contribution in [-0.4, -0.2) is 17.0 Å². The molecule has 2 heterocycles. The van der Waals surface area contributed by atoms with Gasteiger partial charge >= 0.3 is 0 Å². The van der Waals surface area contributed by atoms with Crippen molar-refractivity contribution in [3.8, 4) is 0 Å². The summed E-state index contributed by atoms with van der Waals surface area (Å²) in [5, 5.41) is 4.24. The Bertz CT molecular complexity index is 693. The zero-order valence-corrected chi connectivity index (χ0v) is 11.8. The molecule has 1 N–H and O–H groups in total. The van der Waals surface area contributed by atoms with Crippen molar-refractivity contribution < 1.29 is 4.39 Å². The molecule has 0 spiro atoms. The van der Waals surface area contributed by atoms with E-state index in [0.29, 0.717) is 0 Å². The number of hydrogen-bond donors (Lipinski definition) is 1. The molecule has 0 saturated carbocycles. The van der Waals surface area contributed by atoms with Gasteiger partial charge in [0.2, 0.25) is 0 Å². The molecular weight excluding hydrogens is 273 g/mol. The van der Waals surface area contributed by atoms with Crippen LogP contribution in [0.1, 0.15) is 16.6 Å². The number of nitrogens with zero attached hydrogens (tertiary/aromatic N) is 2. The standard InChI is InChI=1S/C15H14FN3S/c1-17-13(10-6-11(16)9-18-8-10)7-15-19-12-4-2-3-5-14(12)20-15/h2-6,8-9,13,17H,7H2,1H3. The Morgan fingerprint density at radius 1 is 1.30 bits per heavy atom. The van der Waals surface area contributed by atoms with Crippen molar-refractivity contribution in [2.24, 2.45) is 0 Å². The van der Waals surface area contributed by atoms with Crippen LogP contribution in [0.2, 0.25) is 0 Å². The van der Waals surface area contributed by atoms with Gasteiger partial charge in [-0.1, -0.05) is 12.1 Å². The first kappa shape index (κ1) is 13.1. The smallest absolute Gasteiger partial charge is 0.141 e.